The molecule has 1 N–H and O–H groups in total. The van der Waals surface area contributed by atoms with Crippen LogP contribution in [0.25, 0.3) is 0 Å². The highest BCUT2D eigenvalue weighted by molar-refractivity contribution is 6.30. The average Bonchev–Trinajstić information content (AvgIpc) is 2.66. The van der Waals surface area contributed by atoms with Crippen LogP contribution in [0.3, 0.4) is 0 Å². The quantitative estimate of drug-likeness (QED) is 0.798. The number of hydrogen-bond acceptors (Lipinski definition) is 1. The topological polar surface area (TPSA) is 17.0 Å². The number of aromatic nitrogens is 1. The van der Waals surface area contributed by atoms with Gasteiger partial charge in [0.05, 0.1) is 0 Å². The first-order valence-electron chi connectivity index (χ1n) is 5.21. The highest BCUT2D eigenvalue weighted by atomic mass is 35.5. The first-order valence-corrected chi connectivity index (χ1v) is 5.59. The van der Waals surface area contributed by atoms with E-state index in [1.807, 2.05) is 7.05 Å². The van der Waals surface area contributed by atoms with E-state index in [-0.39, 0.29) is 0 Å². The van der Waals surface area contributed by atoms with E-state index >= 15 is 0 Å². The first-order chi connectivity index (χ1) is 6.65. The number of hydrogen-bond donors (Lipinski definition) is 1. The summed E-state index contributed by atoms with van der Waals surface area (Å²) in [6.45, 7) is 4.32. The van der Waals surface area contributed by atoms with Crippen molar-refractivity contribution in [3.05, 3.63) is 22.5 Å². The van der Waals surface area contributed by atoms with Gasteiger partial charge in [0.25, 0.3) is 0 Å². The summed E-state index contributed by atoms with van der Waals surface area (Å²) >= 11 is 6.32. The Balaban J connectivity index is 2.43. The van der Waals surface area contributed by atoms with Crippen molar-refractivity contribution in [1.29, 1.82) is 0 Å². The van der Waals surface area contributed by atoms with Crippen LogP contribution in [0.1, 0.15) is 43.5 Å². The molecule has 2 nitrogen and oxygen atoms in total. The molecule has 1 unspecified atom stereocenters. The smallest absolute Gasteiger partial charge is 0.112 e. The van der Waals surface area contributed by atoms with Gasteiger partial charge in [0.2, 0.25) is 0 Å². The third-order valence-corrected chi connectivity index (χ3v) is 3.49. The van der Waals surface area contributed by atoms with Gasteiger partial charge in [-0.3, -0.25) is 0 Å². The second-order valence-electron chi connectivity index (χ2n) is 4.23. The fourth-order valence-corrected chi connectivity index (χ4v) is 2.67. The maximum Gasteiger partial charge on any atom is 0.112 e. The summed E-state index contributed by atoms with van der Waals surface area (Å²) in [5.41, 5.74) is 2.74. The summed E-state index contributed by atoms with van der Waals surface area (Å²) in [6, 6.07) is 0.952. The van der Waals surface area contributed by atoms with Crippen LogP contribution in [-0.2, 0) is 6.42 Å². The molecule has 0 spiro atoms. The summed E-state index contributed by atoms with van der Waals surface area (Å²) in [4.78, 5) is 0. The van der Waals surface area contributed by atoms with Crippen LogP contribution >= 0.6 is 11.6 Å². The Hall–Kier alpha value is -0.470. The Kier molecular flexibility index (Phi) is 2.58. The monoisotopic (exact) mass is 212 g/mol. The predicted octanol–water partition coefficient (Wildman–Crippen LogP) is 2.93. The van der Waals surface area contributed by atoms with Crippen LogP contribution in [0, 0.1) is 0 Å². The summed E-state index contributed by atoms with van der Waals surface area (Å²) < 4.78 is 2.16. The molecule has 1 atom stereocenters. The molecule has 1 aliphatic carbocycles. The van der Waals surface area contributed by atoms with Crippen LogP contribution in [-0.4, -0.2) is 11.6 Å². The highest BCUT2D eigenvalue weighted by Crippen LogP contribution is 2.38. The van der Waals surface area contributed by atoms with Gasteiger partial charge in [-0.1, -0.05) is 11.6 Å². The van der Waals surface area contributed by atoms with Crippen molar-refractivity contribution in [3.63, 3.8) is 0 Å². The van der Waals surface area contributed by atoms with Gasteiger partial charge in [-0.15, -0.1) is 0 Å². The van der Waals surface area contributed by atoms with E-state index in [1.165, 1.54) is 17.5 Å². The minimum atomic E-state index is 0.450. The molecule has 0 amide bonds. The van der Waals surface area contributed by atoms with Gasteiger partial charge in [-0.25, -0.2) is 0 Å². The zero-order chi connectivity index (χ0) is 10.3. The normalized spacial score (nSPS) is 20.5. The van der Waals surface area contributed by atoms with E-state index in [1.54, 1.807) is 0 Å². The minimum absolute atomic E-state index is 0.450. The molecule has 0 saturated carbocycles. The second-order valence-corrected chi connectivity index (χ2v) is 4.59. The van der Waals surface area contributed by atoms with E-state index in [9.17, 15) is 0 Å². The third kappa shape index (κ3) is 1.37. The standard InChI is InChI=1S/C11H17ClN2/c1-7(2)14-6-9-8(11(14)12)4-5-10(9)13-3/h6-7,10,13H,4-5H2,1-3H3. The van der Waals surface area contributed by atoms with Crippen molar-refractivity contribution in [2.75, 3.05) is 7.05 Å². The van der Waals surface area contributed by atoms with Gasteiger partial charge >= 0.3 is 0 Å². The molecule has 1 aromatic heterocycles. The lowest BCUT2D eigenvalue weighted by atomic mass is 10.2. The molecule has 1 aliphatic rings. The van der Waals surface area contributed by atoms with E-state index in [0.29, 0.717) is 12.1 Å². The zero-order valence-electron chi connectivity index (χ0n) is 8.97. The largest absolute Gasteiger partial charge is 0.336 e. The fraction of sp³-hybridized carbons (Fsp3) is 0.636. The van der Waals surface area contributed by atoms with Crippen LogP contribution in [0.2, 0.25) is 5.15 Å². The van der Waals surface area contributed by atoms with Crippen molar-refractivity contribution in [2.24, 2.45) is 0 Å². The van der Waals surface area contributed by atoms with E-state index in [2.05, 4.69) is 29.9 Å². The minimum Gasteiger partial charge on any atom is -0.336 e. The van der Waals surface area contributed by atoms with Gasteiger partial charge < -0.3 is 9.88 Å². The lowest BCUT2D eigenvalue weighted by molar-refractivity contribution is 0.564. The van der Waals surface area contributed by atoms with Gasteiger partial charge in [0.1, 0.15) is 5.15 Å². The van der Waals surface area contributed by atoms with Crippen LogP contribution in [0.4, 0.5) is 0 Å². The lowest BCUT2D eigenvalue weighted by Crippen LogP contribution is -2.12. The molecular formula is C11H17ClN2. The van der Waals surface area contributed by atoms with E-state index in [4.69, 9.17) is 11.6 Å². The van der Waals surface area contributed by atoms with Gasteiger partial charge in [0, 0.05) is 18.3 Å². The summed E-state index contributed by atoms with van der Waals surface area (Å²) in [5, 5.41) is 4.27. The Morgan fingerprint density at radius 2 is 2.29 bits per heavy atom. The van der Waals surface area contributed by atoms with Crippen LogP contribution in [0.15, 0.2) is 6.20 Å². The number of fused-ring (bicyclic) bond motifs is 1. The molecule has 0 radical (unpaired) electrons. The molecule has 0 aromatic carbocycles. The first kappa shape index (κ1) is 10.1. The fourth-order valence-electron chi connectivity index (χ4n) is 2.23. The summed E-state index contributed by atoms with van der Waals surface area (Å²) in [6.07, 6.45) is 4.50. The molecule has 3 heteroatoms. The van der Waals surface area contributed by atoms with Gasteiger partial charge in [-0.2, -0.15) is 0 Å². The van der Waals surface area contributed by atoms with Crippen LogP contribution < -0.4 is 5.32 Å². The molecule has 0 bridgehead atoms. The molecule has 2 rings (SSSR count). The summed E-state index contributed by atoms with van der Waals surface area (Å²) in [5.74, 6) is 0. The average molecular weight is 213 g/mol. The van der Waals surface area contributed by atoms with Crippen molar-refractivity contribution >= 4 is 11.6 Å². The van der Waals surface area contributed by atoms with Crippen molar-refractivity contribution in [3.8, 4) is 0 Å². The van der Waals surface area contributed by atoms with Crippen molar-refractivity contribution in [1.82, 2.24) is 9.88 Å². The Morgan fingerprint density at radius 3 is 2.86 bits per heavy atom. The molecule has 1 heterocycles. The van der Waals surface area contributed by atoms with Gasteiger partial charge in [0.15, 0.2) is 0 Å². The van der Waals surface area contributed by atoms with Crippen LogP contribution in [0.5, 0.6) is 0 Å². The maximum atomic E-state index is 6.32. The summed E-state index contributed by atoms with van der Waals surface area (Å²) in [7, 11) is 2.01. The Bertz CT molecular complexity index is 341. The predicted molar refractivity (Wildman–Crippen MR) is 59.9 cm³/mol. The zero-order valence-corrected chi connectivity index (χ0v) is 9.73. The van der Waals surface area contributed by atoms with E-state index in [0.717, 1.165) is 11.6 Å². The third-order valence-electron chi connectivity index (χ3n) is 3.07. The number of halogens is 1. The maximum absolute atomic E-state index is 6.32. The molecule has 0 fully saturated rings. The number of nitrogens with one attached hydrogen (secondary N) is 1. The van der Waals surface area contributed by atoms with E-state index < -0.39 is 0 Å². The van der Waals surface area contributed by atoms with Gasteiger partial charge in [-0.05, 0) is 44.9 Å². The Morgan fingerprint density at radius 1 is 1.57 bits per heavy atom. The molecule has 14 heavy (non-hydrogen) atoms. The van der Waals surface area contributed by atoms with Crippen molar-refractivity contribution < 1.29 is 0 Å². The van der Waals surface area contributed by atoms with Crippen molar-refractivity contribution in [2.45, 2.75) is 38.8 Å². The molecule has 1 aromatic rings. The molecule has 0 aliphatic heterocycles. The SMILES string of the molecule is CNC1CCc2c1cn(C(C)C)c2Cl. The Labute approximate surface area is 90.3 Å². The number of rotatable bonds is 2. The molecule has 78 valence electrons. The molecule has 0 saturated heterocycles. The highest BCUT2D eigenvalue weighted by Gasteiger charge is 2.26. The second kappa shape index (κ2) is 3.59. The molecular weight excluding hydrogens is 196 g/mol. The lowest BCUT2D eigenvalue weighted by Gasteiger charge is -2.11. The number of nitrogens with zero attached hydrogens (tertiary/aromatic N) is 1.